The molecule has 0 saturated heterocycles. The summed E-state index contributed by atoms with van der Waals surface area (Å²) in [5.74, 6) is -0.648. The number of nitrogens with zero attached hydrogens (tertiary/aromatic N) is 1. The fraction of sp³-hybridized carbons (Fsp3) is 0.333. The lowest BCUT2D eigenvalue weighted by Crippen LogP contribution is -2.28. The van der Waals surface area contributed by atoms with Crippen molar-refractivity contribution in [3.63, 3.8) is 0 Å². The average Bonchev–Trinajstić information content (AvgIpc) is 2.82. The van der Waals surface area contributed by atoms with E-state index in [2.05, 4.69) is 15.0 Å². The van der Waals surface area contributed by atoms with Gasteiger partial charge in [-0.1, -0.05) is 0 Å². The third-order valence-electron chi connectivity index (χ3n) is 3.93. The van der Waals surface area contributed by atoms with E-state index in [4.69, 9.17) is 4.74 Å². The summed E-state index contributed by atoms with van der Waals surface area (Å²) in [6, 6.07) is 6.17. The standard InChI is InChI=1S/C18H16F4N2O3/c19-12-4-5-15-13(8-12)14(2-1-7-26-15)24-17(25)11-3-6-16(23-9-11)27-10-18(20,21)22/h3-6,8-9,14H,1-2,7,10H2,(H,24,25)/t14-/m0/s1. The Kier molecular flexibility index (Phi) is 5.48. The van der Waals surface area contributed by atoms with Gasteiger partial charge in [0.2, 0.25) is 5.88 Å². The maximum atomic E-state index is 13.6. The van der Waals surface area contributed by atoms with Crippen molar-refractivity contribution in [2.75, 3.05) is 13.2 Å². The van der Waals surface area contributed by atoms with Crippen LogP contribution in [0.25, 0.3) is 0 Å². The fourth-order valence-corrected chi connectivity index (χ4v) is 2.70. The van der Waals surface area contributed by atoms with E-state index in [0.717, 1.165) is 6.20 Å². The van der Waals surface area contributed by atoms with Crippen LogP contribution in [0.15, 0.2) is 36.5 Å². The van der Waals surface area contributed by atoms with Crippen molar-refractivity contribution in [2.24, 2.45) is 0 Å². The molecule has 0 spiro atoms. The Bertz CT molecular complexity index is 809. The summed E-state index contributed by atoms with van der Waals surface area (Å²) in [5.41, 5.74) is 0.691. The molecule has 27 heavy (non-hydrogen) atoms. The van der Waals surface area contributed by atoms with Gasteiger partial charge in [-0.15, -0.1) is 0 Å². The first kappa shape index (κ1) is 18.9. The number of pyridine rings is 1. The van der Waals surface area contributed by atoms with Gasteiger partial charge in [0.1, 0.15) is 11.6 Å². The van der Waals surface area contributed by atoms with Gasteiger partial charge in [-0.2, -0.15) is 13.2 Å². The number of benzene rings is 1. The molecule has 0 saturated carbocycles. The number of fused-ring (bicyclic) bond motifs is 1. The summed E-state index contributed by atoms with van der Waals surface area (Å²) < 4.78 is 60.1. The van der Waals surface area contributed by atoms with Crippen LogP contribution in [0.1, 0.15) is 34.8 Å². The van der Waals surface area contributed by atoms with Crippen LogP contribution in [0.2, 0.25) is 0 Å². The number of carbonyl (C=O) groups excluding carboxylic acids is 1. The highest BCUT2D eigenvalue weighted by Crippen LogP contribution is 2.32. The Morgan fingerprint density at radius 1 is 1.30 bits per heavy atom. The summed E-state index contributed by atoms with van der Waals surface area (Å²) >= 11 is 0. The summed E-state index contributed by atoms with van der Waals surface area (Å²) in [6.45, 7) is -1.01. The van der Waals surface area contributed by atoms with E-state index in [0.29, 0.717) is 30.8 Å². The van der Waals surface area contributed by atoms with E-state index in [1.807, 2.05) is 0 Å². The lowest BCUT2D eigenvalue weighted by Gasteiger charge is -2.18. The maximum absolute atomic E-state index is 13.6. The molecule has 0 fully saturated rings. The second kappa shape index (κ2) is 7.81. The second-order valence-electron chi connectivity index (χ2n) is 5.99. The van der Waals surface area contributed by atoms with Crippen LogP contribution in [-0.2, 0) is 0 Å². The zero-order chi connectivity index (χ0) is 19.4. The first-order valence-corrected chi connectivity index (χ1v) is 8.20. The molecule has 1 amide bonds. The van der Waals surface area contributed by atoms with Gasteiger partial charge in [0.15, 0.2) is 6.61 Å². The zero-order valence-electron chi connectivity index (χ0n) is 14.1. The van der Waals surface area contributed by atoms with E-state index >= 15 is 0 Å². The maximum Gasteiger partial charge on any atom is 0.422 e. The SMILES string of the molecule is O=C(N[C@H]1CCCOc2ccc(F)cc21)c1ccc(OCC(F)(F)F)nc1. The van der Waals surface area contributed by atoms with Gasteiger partial charge in [0.25, 0.3) is 5.91 Å². The van der Waals surface area contributed by atoms with Gasteiger partial charge < -0.3 is 14.8 Å². The molecule has 2 heterocycles. The third-order valence-corrected chi connectivity index (χ3v) is 3.93. The number of rotatable bonds is 4. The Balaban J connectivity index is 1.69. The lowest BCUT2D eigenvalue weighted by atomic mass is 10.0. The van der Waals surface area contributed by atoms with Crippen LogP contribution in [0, 0.1) is 5.82 Å². The van der Waals surface area contributed by atoms with Gasteiger partial charge in [-0.3, -0.25) is 4.79 Å². The summed E-state index contributed by atoms with van der Waals surface area (Å²) in [7, 11) is 0. The molecule has 5 nitrogen and oxygen atoms in total. The number of aromatic nitrogens is 1. The zero-order valence-corrected chi connectivity index (χ0v) is 14.1. The van der Waals surface area contributed by atoms with Gasteiger partial charge in [-0.05, 0) is 37.1 Å². The molecule has 0 aliphatic carbocycles. The van der Waals surface area contributed by atoms with Gasteiger partial charge in [0, 0.05) is 17.8 Å². The number of halogens is 4. The molecule has 2 aromatic rings. The van der Waals surface area contributed by atoms with Crippen molar-refractivity contribution in [1.29, 1.82) is 0 Å². The van der Waals surface area contributed by atoms with E-state index < -0.39 is 30.5 Å². The molecule has 0 bridgehead atoms. The minimum atomic E-state index is -4.47. The molecule has 1 aromatic carbocycles. The monoisotopic (exact) mass is 384 g/mol. The summed E-state index contributed by atoms with van der Waals surface area (Å²) in [5, 5.41) is 2.79. The Morgan fingerprint density at radius 2 is 2.11 bits per heavy atom. The number of carbonyl (C=O) groups is 1. The van der Waals surface area contributed by atoms with Gasteiger partial charge in [0.05, 0.1) is 18.2 Å². The Morgan fingerprint density at radius 3 is 2.81 bits per heavy atom. The van der Waals surface area contributed by atoms with Crippen molar-refractivity contribution in [2.45, 2.75) is 25.1 Å². The van der Waals surface area contributed by atoms with Crippen LogP contribution in [-0.4, -0.2) is 30.3 Å². The highest BCUT2D eigenvalue weighted by Gasteiger charge is 2.28. The van der Waals surface area contributed by atoms with E-state index in [1.54, 1.807) is 0 Å². The molecule has 0 radical (unpaired) electrons. The van der Waals surface area contributed by atoms with Gasteiger partial charge >= 0.3 is 6.18 Å². The van der Waals surface area contributed by atoms with E-state index in [1.165, 1.54) is 30.3 Å². The molecule has 144 valence electrons. The van der Waals surface area contributed by atoms with Crippen LogP contribution in [0.4, 0.5) is 17.6 Å². The van der Waals surface area contributed by atoms with E-state index in [-0.39, 0.29) is 11.4 Å². The van der Waals surface area contributed by atoms with E-state index in [9.17, 15) is 22.4 Å². The Labute approximate surface area is 152 Å². The molecular weight excluding hydrogens is 368 g/mol. The summed E-state index contributed by atoms with van der Waals surface area (Å²) in [4.78, 5) is 16.1. The quantitative estimate of drug-likeness (QED) is 0.815. The van der Waals surface area contributed by atoms with Crippen molar-refractivity contribution < 1.29 is 31.8 Å². The molecule has 1 atom stereocenters. The van der Waals surface area contributed by atoms with Gasteiger partial charge in [-0.25, -0.2) is 9.37 Å². The first-order chi connectivity index (χ1) is 12.8. The average molecular weight is 384 g/mol. The molecule has 1 aliphatic heterocycles. The minimum Gasteiger partial charge on any atom is -0.493 e. The minimum absolute atomic E-state index is 0.150. The fourth-order valence-electron chi connectivity index (χ4n) is 2.70. The van der Waals surface area contributed by atoms with Crippen LogP contribution >= 0.6 is 0 Å². The number of hydrogen-bond donors (Lipinski definition) is 1. The number of ether oxygens (including phenoxy) is 2. The van der Waals surface area contributed by atoms with Crippen molar-refractivity contribution >= 4 is 5.91 Å². The number of nitrogens with one attached hydrogen (secondary N) is 1. The molecule has 1 N–H and O–H groups in total. The number of hydrogen-bond acceptors (Lipinski definition) is 4. The normalized spacial score (nSPS) is 16.7. The molecule has 3 rings (SSSR count). The predicted octanol–water partition coefficient (Wildman–Crippen LogP) is 3.81. The van der Waals surface area contributed by atoms with Crippen molar-refractivity contribution in [1.82, 2.24) is 10.3 Å². The topological polar surface area (TPSA) is 60.5 Å². The van der Waals surface area contributed by atoms with Crippen molar-refractivity contribution in [3.8, 4) is 11.6 Å². The van der Waals surface area contributed by atoms with Crippen LogP contribution < -0.4 is 14.8 Å². The first-order valence-electron chi connectivity index (χ1n) is 8.20. The third kappa shape index (κ3) is 5.08. The highest BCUT2D eigenvalue weighted by molar-refractivity contribution is 5.94. The van der Waals surface area contributed by atoms with Crippen molar-refractivity contribution in [3.05, 3.63) is 53.5 Å². The van der Waals surface area contributed by atoms with Crippen LogP contribution in [0.5, 0.6) is 11.6 Å². The molecule has 0 unspecified atom stereocenters. The lowest BCUT2D eigenvalue weighted by molar-refractivity contribution is -0.154. The molecule has 9 heteroatoms. The summed E-state index contributed by atoms with van der Waals surface area (Å²) in [6.07, 6.45) is -2.12. The highest BCUT2D eigenvalue weighted by atomic mass is 19.4. The molecular formula is C18H16F4N2O3. The number of alkyl halides is 3. The molecule has 1 aliphatic rings. The predicted molar refractivity (Wildman–Crippen MR) is 87.1 cm³/mol. The largest absolute Gasteiger partial charge is 0.493 e. The number of amides is 1. The second-order valence-corrected chi connectivity index (χ2v) is 5.99. The smallest absolute Gasteiger partial charge is 0.422 e. The Hall–Kier alpha value is -2.84. The molecule has 1 aromatic heterocycles. The van der Waals surface area contributed by atoms with Crippen LogP contribution in [0.3, 0.4) is 0 Å².